The van der Waals surface area contributed by atoms with Gasteiger partial charge in [0.1, 0.15) is 5.82 Å². The largest absolute Gasteiger partial charge is 0.247 e. The molecule has 8 heteroatoms. The lowest BCUT2D eigenvalue weighted by molar-refractivity contribution is 0.593. The second kappa shape index (κ2) is 7.50. The number of hydrogen-bond acceptors (Lipinski definition) is 3. The minimum atomic E-state index is -3.68. The summed E-state index contributed by atoms with van der Waals surface area (Å²) in [5, 5.41) is 1.67. The number of nitrogens with zero attached hydrogens (tertiary/aromatic N) is 1. The molecule has 5 rings (SSSR count). The van der Waals surface area contributed by atoms with Crippen molar-refractivity contribution < 1.29 is 12.8 Å². The predicted octanol–water partition coefficient (Wildman–Crippen LogP) is 6.72. The van der Waals surface area contributed by atoms with Crippen LogP contribution in [0.15, 0.2) is 65.6 Å². The van der Waals surface area contributed by atoms with E-state index in [-0.39, 0.29) is 28.6 Å². The molecule has 1 aliphatic rings. The van der Waals surface area contributed by atoms with E-state index in [1.807, 2.05) is 12.1 Å². The Kier molecular flexibility index (Phi) is 5.27. The van der Waals surface area contributed by atoms with E-state index in [4.69, 9.17) is 23.2 Å². The van der Waals surface area contributed by atoms with Crippen LogP contribution in [0.5, 0.6) is 0 Å². The fourth-order valence-corrected chi connectivity index (χ4v) is 5.82. The molecule has 3 aromatic carbocycles. The molecular formula is C22H13Cl3FNO2S. The fraction of sp³-hybridized carbons (Fsp3) is 0.0455. The molecular weight excluding hydrogens is 468 g/mol. The number of fused-ring (bicyclic) bond motifs is 4. The first-order valence-corrected chi connectivity index (χ1v) is 11.2. The monoisotopic (exact) mass is 479 g/mol. The Balaban J connectivity index is 0.00000218. The lowest BCUT2D eigenvalue weighted by Crippen LogP contribution is -2.16. The summed E-state index contributed by atoms with van der Waals surface area (Å²) in [5.74, 6) is -0.777. The van der Waals surface area contributed by atoms with E-state index in [9.17, 15) is 12.8 Å². The summed E-state index contributed by atoms with van der Waals surface area (Å²) in [7, 11) is -3.68. The van der Waals surface area contributed by atoms with E-state index in [0.29, 0.717) is 43.3 Å². The Morgan fingerprint density at radius 2 is 1.70 bits per heavy atom. The van der Waals surface area contributed by atoms with Crippen LogP contribution >= 0.6 is 35.6 Å². The van der Waals surface area contributed by atoms with Crippen molar-refractivity contribution in [1.29, 1.82) is 0 Å². The van der Waals surface area contributed by atoms with Crippen molar-refractivity contribution >= 4 is 56.3 Å². The maximum absolute atomic E-state index is 14.0. The van der Waals surface area contributed by atoms with E-state index >= 15 is 0 Å². The van der Waals surface area contributed by atoms with Gasteiger partial charge in [-0.15, -0.1) is 12.4 Å². The Labute approximate surface area is 188 Å². The molecule has 0 spiro atoms. The molecule has 0 aliphatic carbocycles. The fourth-order valence-electron chi connectivity index (χ4n) is 3.84. The van der Waals surface area contributed by atoms with Crippen LogP contribution in [0, 0.1) is 5.82 Å². The number of pyridine rings is 1. The summed E-state index contributed by atoms with van der Waals surface area (Å²) in [6.07, 6.45) is 0. The first kappa shape index (κ1) is 21.1. The van der Waals surface area contributed by atoms with Crippen LogP contribution < -0.4 is 0 Å². The summed E-state index contributed by atoms with van der Waals surface area (Å²) in [5.41, 5.74) is 3.14. The van der Waals surface area contributed by atoms with Gasteiger partial charge >= 0.3 is 0 Å². The van der Waals surface area contributed by atoms with Gasteiger partial charge in [-0.25, -0.2) is 17.8 Å². The van der Waals surface area contributed by atoms with Gasteiger partial charge in [0.25, 0.3) is 0 Å². The highest BCUT2D eigenvalue weighted by Gasteiger charge is 2.33. The number of benzene rings is 3. The standard InChI is InChI=1S/C22H12Cl2FNO2S.ClH/c23-12-5-7-19-15(9-12)21(14-3-1-2-4-18(14)24)17-11-29(27,28)20-8-6-13(25)10-16(20)22(17)26-19;/h1-10H,11H2;1H. The molecule has 0 fully saturated rings. The molecule has 152 valence electrons. The number of halogens is 4. The van der Waals surface area contributed by atoms with E-state index in [0.717, 1.165) is 6.07 Å². The molecule has 4 aromatic rings. The smallest absolute Gasteiger partial charge is 0.183 e. The quantitative estimate of drug-likeness (QED) is 0.284. The summed E-state index contributed by atoms with van der Waals surface area (Å²) in [6, 6.07) is 16.1. The average molecular weight is 481 g/mol. The van der Waals surface area contributed by atoms with Crippen molar-refractivity contribution in [2.75, 3.05) is 0 Å². The van der Waals surface area contributed by atoms with Gasteiger partial charge in [-0.05, 0) is 48.0 Å². The van der Waals surface area contributed by atoms with Crippen molar-refractivity contribution in [3.8, 4) is 22.4 Å². The molecule has 30 heavy (non-hydrogen) atoms. The van der Waals surface area contributed by atoms with Crippen molar-refractivity contribution in [3.63, 3.8) is 0 Å². The molecule has 0 saturated heterocycles. The van der Waals surface area contributed by atoms with Crippen molar-refractivity contribution in [3.05, 3.63) is 82.1 Å². The molecule has 0 unspecified atom stereocenters. The summed E-state index contributed by atoms with van der Waals surface area (Å²) in [6.45, 7) is 0. The summed E-state index contributed by atoms with van der Waals surface area (Å²) >= 11 is 12.7. The second-order valence-electron chi connectivity index (χ2n) is 6.85. The van der Waals surface area contributed by atoms with Gasteiger partial charge < -0.3 is 0 Å². The normalized spacial score (nSPS) is 14.0. The average Bonchev–Trinajstić information content (AvgIpc) is 2.67. The van der Waals surface area contributed by atoms with Gasteiger partial charge in [0, 0.05) is 32.1 Å². The van der Waals surface area contributed by atoms with Crippen molar-refractivity contribution in [1.82, 2.24) is 4.98 Å². The number of rotatable bonds is 1. The highest BCUT2D eigenvalue weighted by Crippen LogP contribution is 2.45. The molecule has 0 radical (unpaired) electrons. The van der Waals surface area contributed by atoms with Gasteiger partial charge in [-0.1, -0.05) is 41.4 Å². The van der Waals surface area contributed by atoms with E-state index < -0.39 is 15.7 Å². The molecule has 0 bridgehead atoms. The highest BCUT2D eigenvalue weighted by atomic mass is 35.5. The van der Waals surface area contributed by atoms with E-state index in [1.54, 1.807) is 30.3 Å². The zero-order valence-corrected chi connectivity index (χ0v) is 18.3. The van der Waals surface area contributed by atoms with Gasteiger partial charge in [0.05, 0.1) is 21.9 Å². The molecule has 0 saturated carbocycles. The highest BCUT2D eigenvalue weighted by molar-refractivity contribution is 7.90. The van der Waals surface area contributed by atoms with Crippen LogP contribution in [0.1, 0.15) is 5.56 Å². The first-order valence-electron chi connectivity index (χ1n) is 8.75. The lowest BCUT2D eigenvalue weighted by atomic mass is 9.92. The molecule has 0 N–H and O–H groups in total. The molecule has 2 heterocycles. The van der Waals surface area contributed by atoms with Crippen LogP contribution in [0.2, 0.25) is 10.0 Å². The maximum atomic E-state index is 14.0. The van der Waals surface area contributed by atoms with Crippen molar-refractivity contribution in [2.45, 2.75) is 10.6 Å². The van der Waals surface area contributed by atoms with Gasteiger partial charge in [0.2, 0.25) is 0 Å². The Morgan fingerprint density at radius 1 is 0.933 bits per heavy atom. The molecule has 1 aliphatic heterocycles. The topological polar surface area (TPSA) is 47.0 Å². The Morgan fingerprint density at radius 3 is 2.47 bits per heavy atom. The predicted molar refractivity (Wildman–Crippen MR) is 121 cm³/mol. The minimum Gasteiger partial charge on any atom is -0.247 e. The van der Waals surface area contributed by atoms with Crippen LogP contribution in [0.4, 0.5) is 4.39 Å². The lowest BCUT2D eigenvalue weighted by Gasteiger charge is -2.24. The summed E-state index contributed by atoms with van der Waals surface area (Å²) < 4.78 is 40.1. The number of sulfone groups is 1. The third kappa shape index (κ3) is 3.26. The first-order chi connectivity index (χ1) is 13.8. The van der Waals surface area contributed by atoms with Crippen molar-refractivity contribution in [2.24, 2.45) is 0 Å². The van der Waals surface area contributed by atoms with Gasteiger partial charge in [-0.3, -0.25) is 0 Å². The molecule has 0 atom stereocenters. The number of aromatic nitrogens is 1. The third-order valence-corrected chi connectivity index (χ3v) is 7.32. The zero-order chi connectivity index (χ0) is 20.3. The van der Waals surface area contributed by atoms with Crippen LogP contribution in [0.3, 0.4) is 0 Å². The van der Waals surface area contributed by atoms with Crippen LogP contribution in [-0.2, 0) is 15.6 Å². The maximum Gasteiger partial charge on any atom is 0.183 e. The second-order valence-corrected chi connectivity index (χ2v) is 9.66. The zero-order valence-electron chi connectivity index (χ0n) is 15.2. The van der Waals surface area contributed by atoms with Crippen LogP contribution in [-0.4, -0.2) is 13.4 Å². The Bertz CT molecular complexity index is 1440. The van der Waals surface area contributed by atoms with E-state index in [1.165, 1.54) is 12.1 Å². The van der Waals surface area contributed by atoms with Gasteiger partial charge in [0.15, 0.2) is 9.84 Å². The third-order valence-electron chi connectivity index (χ3n) is 5.06. The Hall–Kier alpha value is -2.18. The molecule has 0 amide bonds. The number of hydrogen-bond donors (Lipinski definition) is 0. The van der Waals surface area contributed by atoms with Crippen LogP contribution in [0.25, 0.3) is 33.3 Å². The summed E-state index contributed by atoms with van der Waals surface area (Å²) in [4.78, 5) is 4.77. The van der Waals surface area contributed by atoms with E-state index in [2.05, 4.69) is 4.98 Å². The molecule has 1 aromatic heterocycles. The minimum absolute atomic E-state index is 0. The molecule has 3 nitrogen and oxygen atoms in total. The van der Waals surface area contributed by atoms with Gasteiger partial charge in [-0.2, -0.15) is 0 Å². The SMILES string of the molecule is Cl.O=S1(=O)Cc2c(nc3ccc(Cl)cc3c2-c2ccccc2Cl)-c2cc(F)ccc21.